The summed E-state index contributed by atoms with van der Waals surface area (Å²) >= 11 is 7.72. The Labute approximate surface area is 194 Å². The van der Waals surface area contributed by atoms with E-state index in [1.54, 1.807) is 18.3 Å². The first-order valence-corrected chi connectivity index (χ1v) is 11.4. The molecule has 2 aromatic carbocycles. The van der Waals surface area contributed by atoms with Gasteiger partial charge in [0, 0.05) is 40.2 Å². The van der Waals surface area contributed by atoms with Crippen LogP contribution in [0, 0.1) is 5.95 Å². The second-order valence-corrected chi connectivity index (χ2v) is 8.83. The second-order valence-electron chi connectivity index (χ2n) is 7.51. The Balaban J connectivity index is 1.45. The molecule has 1 aliphatic rings. The highest BCUT2D eigenvalue weighted by Gasteiger charge is 2.26. The normalized spacial score (nSPS) is 15.2. The van der Waals surface area contributed by atoms with Gasteiger partial charge in [0.05, 0.1) is 12.3 Å². The van der Waals surface area contributed by atoms with Crippen molar-refractivity contribution in [1.29, 1.82) is 0 Å². The van der Waals surface area contributed by atoms with Crippen LogP contribution in [0.5, 0.6) is 5.75 Å². The summed E-state index contributed by atoms with van der Waals surface area (Å²) in [5.41, 5.74) is 4.43. The lowest BCUT2D eigenvalue weighted by Gasteiger charge is -2.28. The van der Waals surface area contributed by atoms with E-state index < -0.39 is 5.95 Å². The van der Waals surface area contributed by atoms with Crippen molar-refractivity contribution in [2.24, 2.45) is 7.05 Å². The van der Waals surface area contributed by atoms with Crippen molar-refractivity contribution in [3.8, 4) is 17.0 Å². The van der Waals surface area contributed by atoms with Crippen molar-refractivity contribution in [1.82, 2.24) is 14.8 Å². The Morgan fingerprint density at radius 2 is 2.00 bits per heavy atom. The number of hydrogen-bond donors (Lipinski definition) is 1. The highest BCUT2D eigenvalue weighted by atomic mass is 35.5. The van der Waals surface area contributed by atoms with Crippen LogP contribution in [0.4, 0.5) is 10.2 Å². The first-order chi connectivity index (χ1) is 15.6. The Morgan fingerprint density at radius 3 is 2.81 bits per heavy atom. The maximum Gasteiger partial charge on any atom is 0.214 e. The van der Waals surface area contributed by atoms with Gasteiger partial charge in [-0.3, -0.25) is 4.68 Å². The van der Waals surface area contributed by atoms with Gasteiger partial charge < -0.3 is 9.46 Å². The van der Waals surface area contributed by atoms with Crippen LogP contribution >= 0.6 is 23.5 Å². The fourth-order valence-electron chi connectivity index (χ4n) is 4.02. The third-order valence-corrected chi connectivity index (χ3v) is 6.54. The van der Waals surface area contributed by atoms with E-state index in [-0.39, 0.29) is 5.92 Å². The van der Waals surface area contributed by atoms with Crippen LogP contribution in [0.3, 0.4) is 0 Å². The number of fused-ring (bicyclic) bond motifs is 1. The van der Waals surface area contributed by atoms with E-state index >= 15 is 0 Å². The van der Waals surface area contributed by atoms with Crippen LogP contribution in [0.1, 0.15) is 23.5 Å². The molecule has 1 aliphatic heterocycles. The van der Waals surface area contributed by atoms with Gasteiger partial charge in [-0.05, 0) is 66.4 Å². The second kappa shape index (κ2) is 8.84. The summed E-state index contributed by atoms with van der Waals surface area (Å²) in [6, 6.07) is 18.9. The third kappa shape index (κ3) is 4.18. The van der Waals surface area contributed by atoms with Gasteiger partial charge in [0.15, 0.2) is 0 Å². The number of halogens is 2. The van der Waals surface area contributed by atoms with Crippen LogP contribution in [0.25, 0.3) is 11.3 Å². The molecule has 162 valence electrons. The molecule has 5 nitrogen and oxygen atoms in total. The van der Waals surface area contributed by atoms with Crippen molar-refractivity contribution in [2.45, 2.75) is 17.2 Å². The topological polar surface area (TPSA) is 52.0 Å². The van der Waals surface area contributed by atoms with Crippen LogP contribution < -0.4 is 9.46 Å². The minimum Gasteiger partial charge on any atom is -0.493 e. The van der Waals surface area contributed by atoms with Crippen molar-refractivity contribution < 1.29 is 9.13 Å². The van der Waals surface area contributed by atoms with Gasteiger partial charge in [-0.1, -0.05) is 29.8 Å². The number of anilines is 1. The zero-order valence-electron chi connectivity index (χ0n) is 17.3. The van der Waals surface area contributed by atoms with Gasteiger partial charge in [0.2, 0.25) is 5.95 Å². The van der Waals surface area contributed by atoms with E-state index in [1.165, 1.54) is 23.6 Å². The number of ether oxygens (including phenoxy) is 1. The lowest BCUT2D eigenvalue weighted by Crippen LogP contribution is -2.16. The minimum atomic E-state index is -0.514. The van der Waals surface area contributed by atoms with Crippen LogP contribution in [-0.2, 0) is 7.05 Å². The standard InChI is InChI=1S/C24H20ClFN4OS/c1-30-21(9-11-27-30)20-13-15(25)5-7-17(20)18-10-12-31-22-14-16(6-8-19(18)22)32-29-24-4-2-3-23(26)28-24/h2-9,11,13-14,18H,10,12H2,1H3,(H,28,29). The van der Waals surface area contributed by atoms with E-state index in [0.29, 0.717) is 17.4 Å². The molecule has 8 heteroatoms. The molecular formula is C24H20ClFN4OS. The first kappa shape index (κ1) is 20.8. The summed E-state index contributed by atoms with van der Waals surface area (Å²) in [6.45, 7) is 0.623. The maximum absolute atomic E-state index is 13.3. The van der Waals surface area contributed by atoms with Gasteiger partial charge in [-0.25, -0.2) is 4.98 Å². The molecule has 0 fully saturated rings. The number of aromatic nitrogens is 3. The minimum absolute atomic E-state index is 0.179. The summed E-state index contributed by atoms with van der Waals surface area (Å²) < 4.78 is 24.3. The van der Waals surface area contributed by atoms with E-state index in [4.69, 9.17) is 16.3 Å². The molecule has 4 aromatic rings. The molecular weight excluding hydrogens is 447 g/mol. The average Bonchev–Trinajstić information content (AvgIpc) is 3.23. The van der Waals surface area contributed by atoms with Crippen molar-refractivity contribution >= 4 is 29.4 Å². The Morgan fingerprint density at radius 1 is 1.12 bits per heavy atom. The zero-order valence-corrected chi connectivity index (χ0v) is 18.8. The number of rotatable bonds is 5. The summed E-state index contributed by atoms with van der Waals surface area (Å²) in [4.78, 5) is 4.78. The molecule has 5 rings (SSSR count). The number of aryl methyl sites for hydroxylation is 1. The molecule has 0 amide bonds. The van der Waals surface area contributed by atoms with Crippen molar-refractivity contribution in [2.75, 3.05) is 11.3 Å². The average molecular weight is 467 g/mol. The van der Waals surface area contributed by atoms with Gasteiger partial charge in [0.25, 0.3) is 0 Å². The SMILES string of the molecule is Cn1nccc1-c1cc(Cl)ccc1C1CCOc2cc(SNc3cccc(F)n3)ccc21. The number of nitrogens with zero attached hydrogens (tertiary/aromatic N) is 3. The molecule has 0 radical (unpaired) electrons. The molecule has 0 saturated heterocycles. The van der Waals surface area contributed by atoms with E-state index in [9.17, 15) is 4.39 Å². The molecule has 0 saturated carbocycles. The van der Waals surface area contributed by atoms with Gasteiger partial charge in [-0.2, -0.15) is 9.49 Å². The lowest BCUT2D eigenvalue weighted by atomic mass is 9.83. The maximum atomic E-state index is 13.3. The molecule has 0 aliphatic carbocycles. The zero-order chi connectivity index (χ0) is 22.1. The Bertz CT molecular complexity index is 1280. The third-order valence-electron chi connectivity index (χ3n) is 5.50. The molecule has 0 bridgehead atoms. The molecule has 32 heavy (non-hydrogen) atoms. The van der Waals surface area contributed by atoms with Gasteiger partial charge >= 0.3 is 0 Å². The summed E-state index contributed by atoms with van der Waals surface area (Å²) in [5, 5.41) is 5.02. The Kier molecular flexibility index (Phi) is 5.76. The smallest absolute Gasteiger partial charge is 0.214 e. The first-order valence-electron chi connectivity index (χ1n) is 10.2. The monoisotopic (exact) mass is 466 g/mol. The number of pyridine rings is 1. The highest BCUT2D eigenvalue weighted by molar-refractivity contribution is 8.00. The van der Waals surface area contributed by atoms with Crippen LogP contribution in [0.2, 0.25) is 5.02 Å². The van der Waals surface area contributed by atoms with Crippen molar-refractivity contribution in [3.05, 3.63) is 89.0 Å². The summed E-state index contributed by atoms with van der Waals surface area (Å²) in [7, 11) is 1.93. The molecule has 3 heterocycles. The highest BCUT2D eigenvalue weighted by Crippen LogP contribution is 2.43. The number of nitrogens with one attached hydrogen (secondary N) is 1. The largest absolute Gasteiger partial charge is 0.493 e. The molecule has 2 aromatic heterocycles. The summed E-state index contributed by atoms with van der Waals surface area (Å²) in [5.74, 6) is 0.983. The molecule has 1 unspecified atom stereocenters. The molecule has 1 N–H and O–H groups in total. The van der Waals surface area contributed by atoms with Gasteiger partial charge in [0.1, 0.15) is 11.6 Å². The summed E-state index contributed by atoms with van der Waals surface area (Å²) in [6.07, 6.45) is 2.67. The van der Waals surface area contributed by atoms with E-state index in [2.05, 4.69) is 26.9 Å². The van der Waals surface area contributed by atoms with E-state index in [0.717, 1.165) is 33.9 Å². The number of hydrogen-bond acceptors (Lipinski definition) is 5. The van der Waals surface area contributed by atoms with E-state index in [1.807, 2.05) is 42.1 Å². The lowest BCUT2D eigenvalue weighted by molar-refractivity contribution is 0.276. The Hall–Kier alpha value is -3.03. The predicted molar refractivity (Wildman–Crippen MR) is 126 cm³/mol. The fourth-order valence-corrected chi connectivity index (χ4v) is 4.84. The van der Waals surface area contributed by atoms with Gasteiger partial charge in [-0.15, -0.1) is 0 Å². The number of benzene rings is 2. The molecule has 1 atom stereocenters. The van der Waals surface area contributed by atoms with Crippen LogP contribution in [-0.4, -0.2) is 21.4 Å². The quantitative estimate of drug-likeness (QED) is 0.276. The predicted octanol–water partition coefficient (Wildman–Crippen LogP) is 6.31. The van der Waals surface area contributed by atoms with Crippen LogP contribution in [0.15, 0.2) is 71.8 Å². The van der Waals surface area contributed by atoms with Crippen molar-refractivity contribution in [3.63, 3.8) is 0 Å². The fraction of sp³-hybridized carbons (Fsp3) is 0.167. The molecule has 0 spiro atoms.